The smallest absolute Gasteiger partial charge is 0.412 e. The molecule has 0 aliphatic carbocycles. The fourth-order valence-electron chi connectivity index (χ4n) is 2.41. The molecule has 1 amide bonds. The van der Waals surface area contributed by atoms with Gasteiger partial charge in [-0.05, 0) is 42.8 Å². The number of rotatable bonds is 3. The van der Waals surface area contributed by atoms with Crippen molar-refractivity contribution in [1.82, 2.24) is 15.0 Å². The molecule has 126 valence electrons. The summed E-state index contributed by atoms with van der Waals surface area (Å²) in [5.41, 5.74) is 10.8. The van der Waals surface area contributed by atoms with Crippen LogP contribution in [-0.2, 0) is 4.74 Å². The normalized spacial score (nSPS) is 10.3. The quantitative estimate of drug-likeness (QED) is 0.761. The lowest BCUT2D eigenvalue weighted by molar-refractivity contribution is 0.187. The molecule has 0 saturated carbocycles. The van der Waals surface area contributed by atoms with E-state index in [1.54, 1.807) is 24.7 Å². The van der Waals surface area contributed by atoms with Gasteiger partial charge in [0.15, 0.2) is 0 Å². The number of hydrogen-bond donors (Lipinski definition) is 2. The zero-order chi connectivity index (χ0) is 17.8. The lowest BCUT2D eigenvalue weighted by atomic mass is 10.0. The van der Waals surface area contributed by atoms with Gasteiger partial charge >= 0.3 is 6.09 Å². The van der Waals surface area contributed by atoms with Crippen LogP contribution in [0.3, 0.4) is 0 Å². The molecule has 25 heavy (non-hydrogen) atoms. The maximum absolute atomic E-state index is 11.3. The number of nitrogens with zero attached hydrogens (tertiary/aromatic N) is 3. The van der Waals surface area contributed by atoms with Crippen molar-refractivity contribution in [3.63, 3.8) is 0 Å². The zero-order valence-electron chi connectivity index (χ0n) is 13.9. The number of aryl methyl sites for hydroxylation is 1. The number of methoxy groups -OCH3 is 1. The predicted molar refractivity (Wildman–Crippen MR) is 95.9 cm³/mol. The average molecular weight is 335 g/mol. The molecule has 3 aromatic heterocycles. The van der Waals surface area contributed by atoms with Crippen molar-refractivity contribution < 1.29 is 9.53 Å². The summed E-state index contributed by atoms with van der Waals surface area (Å²) in [7, 11) is 1.30. The van der Waals surface area contributed by atoms with Crippen LogP contribution in [0.15, 0.2) is 48.9 Å². The third-order valence-electron chi connectivity index (χ3n) is 3.65. The van der Waals surface area contributed by atoms with Crippen LogP contribution >= 0.6 is 0 Å². The van der Waals surface area contributed by atoms with Crippen molar-refractivity contribution in [2.24, 2.45) is 0 Å². The Kier molecular flexibility index (Phi) is 4.56. The summed E-state index contributed by atoms with van der Waals surface area (Å²) in [4.78, 5) is 24.1. The minimum atomic E-state index is -0.576. The van der Waals surface area contributed by atoms with Crippen LogP contribution in [0.4, 0.5) is 16.3 Å². The van der Waals surface area contributed by atoms with Crippen LogP contribution in [0.1, 0.15) is 5.69 Å². The first kappa shape index (κ1) is 16.4. The molecule has 0 fully saturated rings. The summed E-state index contributed by atoms with van der Waals surface area (Å²) in [6, 6.07) is 9.28. The van der Waals surface area contributed by atoms with Gasteiger partial charge in [0.2, 0.25) is 0 Å². The first-order valence-corrected chi connectivity index (χ1v) is 7.57. The van der Waals surface area contributed by atoms with Crippen LogP contribution in [0.25, 0.3) is 22.4 Å². The first-order chi connectivity index (χ1) is 12.1. The second kappa shape index (κ2) is 6.96. The highest BCUT2D eigenvalue weighted by molar-refractivity contribution is 5.84. The third kappa shape index (κ3) is 3.72. The van der Waals surface area contributed by atoms with E-state index in [-0.39, 0.29) is 0 Å². The second-order valence-electron chi connectivity index (χ2n) is 5.38. The van der Waals surface area contributed by atoms with Gasteiger partial charge in [0.25, 0.3) is 0 Å². The molecule has 7 heteroatoms. The summed E-state index contributed by atoms with van der Waals surface area (Å²) in [5.74, 6) is 0.387. The monoisotopic (exact) mass is 335 g/mol. The first-order valence-electron chi connectivity index (χ1n) is 7.57. The number of nitrogens with one attached hydrogen (secondary N) is 1. The van der Waals surface area contributed by atoms with Crippen molar-refractivity contribution >= 4 is 17.6 Å². The van der Waals surface area contributed by atoms with Crippen molar-refractivity contribution in [1.29, 1.82) is 0 Å². The average Bonchev–Trinajstić information content (AvgIpc) is 2.64. The van der Waals surface area contributed by atoms with Crippen molar-refractivity contribution in [3.8, 4) is 22.4 Å². The SMILES string of the molecule is COC(=O)Nc1cc(-c2cc(-c3cc(N)cnc3C)ccn2)ccn1. The zero-order valence-corrected chi connectivity index (χ0v) is 13.9. The summed E-state index contributed by atoms with van der Waals surface area (Å²) >= 11 is 0. The Morgan fingerprint density at radius 3 is 2.64 bits per heavy atom. The summed E-state index contributed by atoms with van der Waals surface area (Å²) in [6.07, 6.45) is 4.38. The molecule has 3 N–H and O–H groups in total. The molecule has 0 bridgehead atoms. The molecule has 7 nitrogen and oxygen atoms in total. The van der Waals surface area contributed by atoms with E-state index in [9.17, 15) is 4.79 Å². The lowest BCUT2D eigenvalue weighted by Gasteiger charge is -2.09. The fourth-order valence-corrected chi connectivity index (χ4v) is 2.41. The minimum absolute atomic E-state index is 0.387. The Bertz CT molecular complexity index is 927. The van der Waals surface area contributed by atoms with Gasteiger partial charge in [-0.3, -0.25) is 15.3 Å². The number of carbonyl (C=O) groups is 1. The molecule has 0 aromatic carbocycles. The number of amides is 1. The highest BCUT2D eigenvalue weighted by Gasteiger charge is 2.09. The maximum Gasteiger partial charge on any atom is 0.412 e. The largest absolute Gasteiger partial charge is 0.453 e. The van der Waals surface area contributed by atoms with E-state index < -0.39 is 6.09 Å². The van der Waals surface area contributed by atoms with Crippen LogP contribution in [0.5, 0.6) is 0 Å². The molecule has 0 aliphatic rings. The number of aromatic nitrogens is 3. The molecule has 0 aliphatic heterocycles. The van der Waals surface area contributed by atoms with Crippen LogP contribution < -0.4 is 11.1 Å². The fraction of sp³-hybridized carbons (Fsp3) is 0.111. The van der Waals surface area contributed by atoms with Gasteiger partial charge in [0.1, 0.15) is 5.82 Å². The van der Waals surface area contributed by atoms with Crippen molar-refractivity contribution in [2.75, 3.05) is 18.2 Å². The van der Waals surface area contributed by atoms with Gasteiger partial charge in [-0.1, -0.05) is 0 Å². The van der Waals surface area contributed by atoms with E-state index in [0.29, 0.717) is 11.5 Å². The molecular weight excluding hydrogens is 318 g/mol. The van der Waals surface area contributed by atoms with E-state index in [2.05, 4.69) is 25.0 Å². The molecule has 0 radical (unpaired) electrons. The number of carbonyl (C=O) groups excluding carboxylic acids is 1. The Hall–Kier alpha value is -3.48. The highest BCUT2D eigenvalue weighted by Crippen LogP contribution is 2.28. The molecule has 0 unspecified atom stereocenters. The van der Waals surface area contributed by atoms with Gasteiger partial charge in [0, 0.05) is 29.2 Å². The maximum atomic E-state index is 11.3. The molecule has 0 saturated heterocycles. The number of ether oxygens (including phenoxy) is 1. The van der Waals surface area contributed by atoms with Crippen molar-refractivity contribution in [2.45, 2.75) is 6.92 Å². The van der Waals surface area contributed by atoms with Gasteiger partial charge < -0.3 is 10.5 Å². The molecule has 3 heterocycles. The number of anilines is 2. The minimum Gasteiger partial charge on any atom is -0.453 e. The summed E-state index contributed by atoms with van der Waals surface area (Å²) in [6.45, 7) is 1.93. The van der Waals surface area contributed by atoms with Gasteiger partial charge in [-0.2, -0.15) is 0 Å². The molecule has 0 atom stereocenters. The molecule has 3 aromatic rings. The van der Waals surface area contributed by atoms with E-state index in [1.807, 2.05) is 31.2 Å². The van der Waals surface area contributed by atoms with E-state index in [4.69, 9.17) is 5.73 Å². The Labute approximate surface area is 144 Å². The van der Waals surface area contributed by atoms with Crippen LogP contribution in [0.2, 0.25) is 0 Å². The third-order valence-corrected chi connectivity index (χ3v) is 3.65. The molecular formula is C18H17N5O2. The topological polar surface area (TPSA) is 103 Å². The number of pyridine rings is 3. The highest BCUT2D eigenvalue weighted by atomic mass is 16.5. The van der Waals surface area contributed by atoms with Crippen LogP contribution in [-0.4, -0.2) is 28.2 Å². The summed E-state index contributed by atoms with van der Waals surface area (Å²) in [5, 5.41) is 2.54. The van der Waals surface area contributed by atoms with E-state index in [0.717, 1.165) is 28.1 Å². The predicted octanol–water partition coefficient (Wildman–Crippen LogP) is 3.27. The standard InChI is InChI=1S/C18H17N5O2/c1-11-15(9-14(19)10-22-11)12-3-5-20-16(7-12)13-4-6-21-17(8-13)23-18(24)25-2/h3-10H,19H2,1-2H3,(H,21,23,24). The number of nitrogens with two attached hydrogens (primary N) is 1. The Morgan fingerprint density at radius 2 is 1.84 bits per heavy atom. The molecule has 3 rings (SSSR count). The number of hydrogen-bond acceptors (Lipinski definition) is 6. The number of nitrogen functional groups attached to an aromatic ring is 1. The summed E-state index contributed by atoms with van der Waals surface area (Å²) < 4.78 is 4.58. The van der Waals surface area contributed by atoms with Crippen LogP contribution in [0, 0.1) is 6.92 Å². The Morgan fingerprint density at radius 1 is 1.08 bits per heavy atom. The Balaban J connectivity index is 1.98. The second-order valence-corrected chi connectivity index (χ2v) is 5.38. The van der Waals surface area contributed by atoms with Gasteiger partial charge in [0.05, 0.1) is 24.7 Å². The van der Waals surface area contributed by atoms with Crippen molar-refractivity contribution in [3.05, 3.63) is 54.6 Å². The lowest BCUT2D eigenvalue weighted by Crippen LogP contribution is -2.11. The van der Waals surface area contributed by atoms with E-state index >= 15 is 0 Å². The van der Waals surface area contributed by atoms with Gasteiger partial charge in [-0.15, -0.1) is 0 Å². The van der Waals surface area contributed by atoms with Gasteiger partial charge in [-0.25, -0.2) is 9.78 Å². The van der Waals surface area contributed by atoms with E-state index in [1.165, 1.54) is 7.11 Å². The molecule has 0 spiro atoms.